The molecule has 8 heteroatoms. The lowest BCUT2D eigenvalue weighted by molar-refractivity contribution is -0.145. The van der Waals surface area contributed by atoms with Gasteiger partial charge >= 0.3 is 5.97 Å². The number of imidazole rings is 1. The molecular weight excluding hydrogens is 685 g/mol. The summed E-state index contributed by atoms with van der Waals surface area (Å²) in [5, 5.41) is 2.97. The van der Waals surface area contributed by atoms with Crippen molar-refractivity contribution in [2.45, 2.75) is 63.2 Å². The van der Waals surface area contributed by atoms with Gasteiger partial charge in [-0.15, -0.1) is 0 Å². The lowest BCUT2D eigenvalue weighted by Gasteiger charge is -2.37. The second kappa shape index (κ2) is 15.6. The van der Waals surface area contributed by atoms with Crippen LogP contribution in [0.15, 0.2) is 152 Å². The van der Waals surface area contributed by atoms with Gasteiger partial charge in [0.1, 0.15) is 17.6 Å². The minimum Gasteiger partial charge on any atom is -0.467 e. The summed E-state index contributed by atoms with van der Waals surface area (Å²) in [6.45, 7) is 6.64. The summed E-state index contributed by atoms with van der Waals surface area (Å²) in [6.07, 6.45) is 4.10. The van der Waals surface area contributed by atoms with E-state index in [2.05, 4.69) is 67.1 Å². The van der Waals surface area contributed by atoms with Crippen molar-refractivity contribution in [1.29, 1.82) is 0 Å². The van der Waals surface area contributed by atoms with E-state index in [1.165, 1.54) is 7.11 Å². The van der Waals surface area contributed by atoms with Crippen molar-refractivity contribution in [2.75, 3.05) is 7.11 Å². The molecule has 0 fully saturated rings. The number of carbonyl (C=O) groups excluding carboxylic acids is 3. The molecule has 55 heavy (non-hydrogen) atoms. The molecule has 1 N–H and O–H groups in total. The van der Waals surface area contributed by atoms with E-state index in [9.17, 15) is 14.4 Å². The number of benzene rings is 5. The van der Waals surface area contributed by atoms with Crippen molar-refractivity contribution in [3.8, 4) is 0 Å². The number of hydrogen-bond acceptors (Lipinski definition) is 5. The van der Waals surface area contributed by atoms with Crippen molar-refractivity contribution in [3.05, 3.63) is 197 Å². The number of carbonyl (C=O) groups is 3. The maximum atomic E-state index is 14.3. The third-order valence-electron chi connectivity index (χ3n) is 10.6. The molecule has 6 aromatic rings. The highest BCUT2D eigenvalue weighted by molar-refractivity contribution is 5.98. The Morgan fingerprint density at radius 3 is 1.78 bits per heavy atom. The van der Waals surface area contributed by atoms with Crippen LogP contribution >= 0.6 is 0 Å². The van der Waals surface area contributed by atoms with E-state index in [1.54, 1.807) is 11.2 Å². The second-order valence-electron chi connectivity index (χ2n) is 15.1. The van der Waals surface area contributed by atoms with Gasteiger partial charge in [0, 0.05) is 31.1 Å². The Labute approximate surface area is 322 Å². The first-order valence-corrected chi connectivity index (χ1v) is 18.7. The van der Waals surface area contributed by atoms with Crippen molar-refractivity contribution in [3.63, 3.8) is 0 Å². The summed E-state index contributed by atoms with van der Waals surface area (Å²) < 4.78 is 7.30. The smallest absolute Gasteiger partial charge is 0.328 e. The molecule has 0 unspecified atom stereocenters. The zero-order valence-electron chi connectivity index (χ0n) is 31.7. The van der Waals surface area contributed by atoms with Crippen LogP contribution in [0.2, 0.25) is 0 Å². The summed E-state index contributed by atoms with van der Waals surface area (Å²) in [4.78, 5) is 48.3. The van der Waals surface area contributed by atoms with Crippen LogP contribution in [0.1, 0.15) is 70.2 Å². The molecule has 0 spiro atoms. The average molecular weight is 731 g/mol. The van der Waals surface area contributed by atoms with Crippen LogP contribution in [0.25, 0.3) is 0 Å². The number of fused-ring (bicyclic) bond motifs is 1. The Balaban J connectivity index is 1.21. The molecule has 278 valence electrons. The molecule has 1 aromatic heterocycles. The predicted molar refractivity (Wildman–Crippen MR) is 213 cm³/mol. The van der Waals surface area contributed by atoms with Crippen LogP contribution in [0, 0.1) is 0 Å². The van der Waals surface area contributed by atoms with Gasteiger partial charge in [0.25, 0.3) is 5.91 Å². The number of rotatable bonds is 10. The average Bonchev–Trinajstić information content (AvgIpc) is 3.69. The topological polar surface area (TPSA) is 93.5 Å². The summed E-state index contributed by atoms with van der Waals surface area (Å²) in [6, 6.07) is 44.3. The van der Waals surface area contributed by atoms with Crippen LogP contribution in [0.3, 0.4) is 0 Å². The van der Waals surface area contributed by atoms with Crippen LogP contribution in [-0.2, 0) is 44.7 Å². The van der Waals surface area contributed by atoms with Gasteiger partial charge in [0.05, 0.1) is 19.1 Å². The van der Waals surface area contributed by atoms with Crippen molar-refractivity contribution >= 4 is 17.8 Å². The summed E-state index contributed by atoms with van der Waals surface area (Å²) in [5.41, 5.74) is 6.40. The molecule has 2 atom stereocenters. The maximum absolute atomic E-state index is 14.3. The van der Waals surface area contributed by atoms with E-state index in [1.807, 2.05) is 109 Å². The molecule has 2 amide bonds. The van der Waals surface area contributed by atoms with Crippen molar-refractivity contribution in [2.24, 2.45) is 0 Å². The number of nitrogens with zero attached hydrogens (tertiary/aromatic N) is 3. The number of aromatic nitrogens is 2. The van der Waals surface area contributed by atoms with Gasteiger partial charge in [-0.05, 0) is 50.9 Å². The van der Waals surface area contributed by atoms with E-state index in [-0.39, 0.29) is 24.3 Å². The monoisotopic (exact) mass is 730 g/mol. The van der Waals surface area contributed by atoms with E-state index in [4.69, 9.17) is 9.72 Å². The first-order chi connectivity index (χ1) is 26.6. The van der Waals surface area contributed by atoms with Gasteiger partial charge in [-0.1, -0.05) is 148 Å². The number of esters is 1. The molecule has 0 saturated heterocycles. The predicted octanol–water partition coefficient (Wildman–Crippen LogP) is 7.49. The van der Waals surface area contributed by atoms with Crippen LogP contribution in [-0.4, -0.2) is 51.4 Å². The van der Waals surface area contributed by atoms with Gasteiger partial charge in [0.15, 0.2) is 0 Å². The quantitative estimate of drug-likeness (QED) is 0.117. The maximum Gasteiger partial charge on any atom is 0.328 e. The molecule has 2 heterocycles. The Morgan fingerprint density at radius 1 is 0.727 bits per heavy atom. The number of amides is 2. The highest BCUT2D eigenvalue weighted by atomic mass is 16.5. The second-order valence-corrected chi connectivity index (χ2v) is 15.1. The minimum absolute atomic E-state index is 0.0705. The Hall–Kier alpha value is -6.28. The molecule has 7 rings (SSSR count). The first kappa shape index (κ1) is 37.1. The first-order valence-electron chi connectivity index (χ1n) is 18.7. The summed E-state index contributed by atoms with van der Waals surface area (Å²) >= 11 is 0. The Bertz CT molecular complexity index is 2160. The van der Waals surface area contributed by atoms with E-state index < -0.39 is 29.5 Å². The van der Waals surface area contributed by atoms with Crippen molar-refractivity contribution in [1.82, 2.24) is 19.8 Å². The van der Waals surface area contributed by atoms with E-state index >= 15 is 0 Å². The fourth-order valence-corrected chi connectivity index (χ4v) is 7.70. The van der Waals surface area contributed by atoms with Gasteiger partial charge in [0.2, 0.25) is 5.91 Å². The molecular formula is C47H46N4O4. The molecule has 0 bridgehead atoms. The van der Waals surface area contributed by atoms with Crippen molar-refractivity contribution < 1.29 is 19.1 Å². The van der Waals surface area contributed by atoms with E-state index in [0.717, 1.165) is 33.4 Å². The lowest BCUT2D eigenvalue weighted by Crippen LogP contribution is -2.56. The van der Waals surface area contributed by atoms with Gasteiger partial charge in [-0.25, -0.2) is 9.78 Å². The van der Waals surface area contributed by atoms with Gasteiger partial charge < -0.3 is 19.5 Å². The fraction of sp³-hybridized carbons (Fsp3) is 0.234. The normalized spacial score (nSPS) is 14.8. The largest absolute Gasteiger partial charge is 0.467 e. The standard InChI is InChI=1S/C47H46N4O4/c1-46(2,3)36-26-24-33(25-27-36)44(53)51-30-35-17-15-14-16-34(35)28-42(51)43(52)49-41(45(54)55-4)29-40-31-50(32-48-40)47(37-18-8-5-9-19-37,38-20-10-6-11-21-38)39-22-12-7-13-23-39/h5-27,31-32,41-42H,28-30H2,1-4H3,(H,49,52)/t41-,42-/m0/s1. The molecule has 1 aliphatic rings. The molecule has 0 radical (unpaired) electrons. The third kappa shape index (κ3) is 7.45. The molecule has 0 aliphatic carbocycles. The Morgan fingerprint density at radius 2 is 1.25 bits per heavy atom. The molecule has 8 nitrogen and oxygen atoms in total. The number of hydrogen-bond donors (Lipinski definition) is 1. The van der Waals surface area contributed by atoms with Crippen LogP contribution in [0.4, 0.5) is 0 Å². The zero-order chi connectivity index (χ0) is 38.6. The fourth-order valence-electron chi connectivity index (χ4n) is 7.70. The molecule has 5 aromatic carbocycles. The third-order valence-corrected chi connectivity index (χ3v) is 10.6. The lowest BCUT2D eigenvalue weighted by atomic mass is 9.77. The van der Waals surface area contributed by atoms with Crippen LogP contribution < -0.4 is 5.32 Å². The van der Waals surface area contributed by atoms with Gasteiger partial charge in [-0.3, -0.25) is 9.59 Å². The number of nitrogens with one attached hydrogen (secondary N) is 1. The highest BCUT2D eigenvalue weighted by Crippen LogP contribution is 2.41. The SMILES string of the molecule is COC(=O)[C@H](Cc1cn(C(c2ccccc2)(c2ccccc2)c2ccccc2)cn1)NC(=O)[C@@H]1Cc2ccccc2CN1C(=O)c1ccc(C(C)(C)C)cc1. The van der Waals surface area contributed by atoms with E-state index in [0.29, 0.717) is 17.7 Å². The highest BCUT2D eigenvalue weighted by Gasteiger charge is 2.40. The molecule has 1 aliphatic heterocycles. The van der Waals surface area contributed by atoms with Gasteiger partial charge in [-0.2, -0.15) is 0 Å². The zero-order valence-corrected chi connectivity index (χ0v) is 31.7. The summed E-state index contributed by atoms with van der Waals surface area (Å²) in [5.74, 6) is -1.28. The molecule has 0 saturated carbocycles. The number of methoxy groups -OCH3 is 1. The Kier molecular flexibility index (Phi) is 10.5. The summed E-state index contributed by atoms with van der Waals surface area (Å²) in [7, 11) is 1.30. The number of ether oxygens (including phenoxy) is 1. The van der Waals surface area contributed by atoms with Crippen LogP contribution in [0.5, 0.6) is 0 Å². The minimum atomic E-state index is -1.05.